The number of fused-ring (bicyclic) bond motifs is 1. The Morgan fingerprint density at radius 1 is 0.902 bits per heavy atom. The van der Waals surface area contributed by atoms with E-state index in [1.54, 1.807) is 38.1 Å². The van der Waals surface area contributed by atoms with Gasteiger partial charge in [0.05, 0.1) is 0 Å². The quantitative estimate of drug-likeness (QED) is 0.241. The van der Waals surface area contributed by atoms with Gasteiger partial charge in [0.25, 0.3) is 5.91 Å². The number of rotatable bonds is 9. The molecule has 0 spiro atoms. The molecule has 0 saturated carbocycles. The minimum atomic E-state index is -4.49. The van der Waals surface area contributed by atoms with E-state index in [1.165, 1.54) is 6.08 Å². The first-order valence-electron chi connectivity index (χ1n) is 13.2. The molecule has 0 aliphatic heterocycles. The molecule has 0 saturated heterocycles. The van der Waals surface area contributed by atoms with E-state index in [0.29, 0.717) is 16.5 Å². The first-order chi connectivity index (χ1) is 19.6. The highest BCUT2D eigenvalue weighted by atomic mass is 32.2. The molecule has 3 aromatic carbocycles. The molecule has 0 bridgehead atoms. The van der Waals surface area contributed by atoms with Crippen molar-refractivity contribution in [3.05, 3.63) is 114 Å². The van der Waals surface area contributed by atoms with Crippen LogP contribution in [0.2, 0.25) is 0 Å². The lowest BCUT2D eigenvalue weighted by atomic mass is 9.96. The summed E-state index contributed by atoms with van der Waals surface area (Å²) in [5, 5.41) is 13.1. The topological polar surface area (TPSA) is 126 Å². The van der Waals surface area contributed by atoms with Gasteiger partial charge in [0.2, 0.25) is 15.8 Å². The van der Waals surface area contributed by atoms with Crippen molar-refractivity contribution >= 4 is 38.4 Å². The van der Waals surface area contributed by atoms with Crippen LogP contribution in [-0.2, 0) is 14.8 Å². The summed E-state index contributed by atoms with van der Waals surface area (Å²) < 4.78 is 36.3. The molecule has 41 heavy (non-hydrogen) atoms. The van der Waals surface area contributed by atoms with Crippen LogP contribution in [0.15, 0.2) is 108 Å². The van der Waals surface area contributed by atoms with E-state index < -0.39 is 38.7 Å². The summed E-state index contributed by atoms with van der Waals surface area (Å²) in [4.78, 5) is 23.9. The lowest BCUT2D eigenvalue weighted by Crippen LogP contribution is -2.60. The van der Waals surface area contributed by atoms with Crippen LogP contribution >= 0.6 is 0 Å². The van der Waals surface area contributed by atoms with Crippen molar-refractivity contribution < 1.29 is 27.5 Å². The van der Waals surface area contributed by atoms with Crippen LogP contribution in [0.5, 0.6) is 0 Å². The number of carbonyl (C=O) groups excluding carboxylic acids is 1. The molecule has 1 amide bonds. The molecule has 5 rings (SSSR count). The fourth-order valence-corrected chi connectivity index (χ4v) is 6.61. The molecule has 1 aliphatic rings. The maximum Gasteiger partial charge on any atom is 0.321 e. The molecule has 1 heterocycles. The number of para-hydroxylation sites is 1. The first kappa shape index (κ1) is 28.1. The highest BCUT2D eigenvalue weighted by Crippen LogP contribution is 2.36. The molecule has 1 aliphatic carbocycles. The maximum atomic E-state index is 14.0. The van der Waals surface area contributed by atoms with Crippen LogP contribution in [-0.4, -0.2) is 36.3 Å². The molecule has 0 radical (unpaired) electrons. The van der Waals surface area contributed by atoms with Crippen molar-refractivity contribution in [2.45, 2.75) is 31.2 Å². The SMILES string of the molecule is CC(C)C(NS(=O)(=O)C1(NC(=O)c2oc3ccccc3c2-c2ccccc2)C=CC(c2ccccc2)=CC1)C(=O)O. The van der Waals surface area contributed by atoms with Gasteiger partial charge in [-0.2, -0.15) is 4.72 Å². The number of allylic oxidation sites excluding steroid dienone is 2. The van der Waals surface area contributed by atoms with E-state index in [1.807, 2.05) is 72.8 Å². The fourth-order valence-electron chi connectivity index (χ4n) is 4.92. The summed E-state index contributed by atoms with van der Waals surface area (Å²) in [6.45, 7) is 3.22. The summed E-state index contributed by atoms with van der Waals surface area (Å²) in [7, 11) is -4.49. The van der Waals surface area contributed by atoms with Gasteiger partial charge in [0, 0.05) is 17.4 Å². The summed E-state index contributed by atoms with van der Waals surface area (Å²) in [6, 6.07) is 24.4. The number of furan rings is 1. The minimum absolute atomic E-state index is 0.0446. The Kier molecular flexibility index (Phi) is 7.66. The molecule has 2 unspecified atom stereocenters. The van der Waals surface area contributed by atoms with Crippen LogP contribution in [0.1, 0.15) is 36.4 Å². The lowest BCUT2D eigenvalue weighted by Gasteiger charge is -2.34. The first-order valence-corrected chi connectivity index (χ1v) is 14.7. The molecule has 3 N–H and O–H groups in total. The number of sulfonamides is 1. The number of hydrogen-bond acceptors (Lipinski definition) is 5. The number of aliphatic carboxylic acids is 1. The van der Waals surface area contributed by atoms with Crippen molar-refractivity contribution in [2.75, 3.05) is 0 Å². The van der Waals surface area contributed by atoms with E-state index in [2.05, 4.69) is 10.0 Å². The largest absolute Gasteiger partial charge is 0.480 e. The monoisotopic (exact) mass is 570 g/mol. The average Bonchev–Trinajstić information content (AvgIpc) is 3.37. The third kappa shape index (κ3) is 5.46. The second kappa shape index (κ2) is 11.2. The Labute approximate surface area is 238 Å². The fraction of sp³-hybridized carbons (Fsp3) is 0.188. The lowest BCUT2D eigenvalue weighted by molar-refractivity contribution is -0.140. The highest BCUT2D eigenvalue weighted by Gasteiger charge is 2.46. The van der Waals surface area contributed by atoms with Crippen molar-refractivity contribution in [2.24, 2.45) is 5.92 Å². The third-order valence-corrected chi connectivity index (χ3v) is 9.08. The number of nitrogens with one attached hydrogen (secondary N) is 2. The zero-order valence-electron chi connectivity index (χ0n) is 22.6. The van der Waals surface area contributed by atoms with Gasteiger partial charge in [-0.25, -0.2) is 8.42 Å². The zero-order chi connectivity index (χ0) is 29.2. The Morgan fingerprint density at radius 3 is 2.10 bits per heavy atom. The summed E-state index contributed by atoms with van der Waals surface area (Å²) in [6.07, 6.45) is 4.61. The van der Waals surface area contributed by atoms with Gasteiger partial charge in [-0.05, 0) is 34.8 Å². The standard InChI is InChI=1S/C32H30N2O6S/c1-21(2)28(31(36)37)34-41(38,39)32(19-17-23(18-20-32)22-11-5-3-6-12-22)33-30(35)29-27(24-13-7-4-8-14-24)25-15-9-10-16-26(25)40-29/h3-19,21,28,34H,20H2,1-2H3,(H,33,35)(H,36,37). The zero-order valence-corrected chi connectivity index (χ0v) is 23.4. The summed E-state index contributed by atoms with van der Waals surface area (Å²) in [5.74, 6) is -2.65. The van der Waals surface area contributed by atoms with Gasteiger partial charge >= 0.3 is 5.97 Å². The molecule has 2 atom stereocenters. The highest BCUT2D eigenvalue weighted by molar-refractivity contribution is 7.91. The van der Waals surface area contributed by atoms with Crippen LogP contribution in [0.25, 0.3) is 27.7 Å². The van der Waals surface area contributed by atoms with Crippen molar-refractivity contribution in [3.8, 4) is 11.1 Å². The van der Waals surface area contributed by atoms with Gasteiger partial charge in [-0.15, -0.1) is 0 Å². The number of amides is 1. The van der Waals surface area contributed by atoms with Gasteiger partial charge in [0.1, 0.15) is 11.6 Å². The predicted molar refractivity (Wildman–Crippen MR) is 158 cm³/mol. The average molecular weight is 571 g/mol. The second-order valence-electron chi connectivity index (χ2n) is 10.3. The van der Waals surface area contributed by atoms with E-state index in [0.717, 1.165) is 16.7 Å². The van der Waals surface area contributed by atoms with Gasteiger partial charge < -0.3 is 14.8 Å². The van der Waals surface area contributed by atoms with E-state index in [9.17, 15) is 23.1 Å². The van der Waals surface area contributed by atoms with Crippen LogP contribution in [0.3, 0.4) is 0 Å². The van der Waals surface area contributed by atoms with Crippen LogP contribution in [0, 0.1) is 5.92 Å². The van der Waals surface area contributed by atoms with Crippen LogP contribution < -0.4 is 10.0 Å². The number of carboxylic acid groups (broad SMARTS) is 1. The van der Waals surface area contributed by atoms with E-state index in [4.69, 9.17) is 4.42 Å². The number of carbonyl (C=O) groups is 2. The smallest absolute Gasteiger partial charge is 0.321 e. The number of benzene rings is 3. The number of hydrogen-bond donors (Lipinski definition) is 3. The van der Waals surface area contributed by atoms with Crippen molar-refractivity contribution in [1.29, 1.82) is 0 Å². The molecular weight excluding hydrogens is 540 g/mol. The molecule has 8 nitrogen and oxygen atoms in total. The Bertz CT molecular complexity index is 1760. The third-order valence-electron chi connectivity index (χ3n) is 7.15. The summed E-state index contributed by atoms with van der Waals surface area (Å²) in [5.41, 5.74) is 3.39. The summed E-state index contributed by atoms with van der Waals surface area (Å²) >= 11 is 0. The Hall–Kier alpha value is -4.47. The molecule has 4 aromatic rings. The van der Waals surface area contributed by atoms with Gasteiger partial charge in [0.15, 0.2) is 4.87 Å². The Balaban J connectivity index is 1.59. The predicted octanol–water partition coefficient (Wildman–Crippen LogP) is 5.60. The molecule has 9 heteroatoms. The van der Waals surface area contributed by atoms with E-state index >= 15 is 0 Å². The maximum absolute atomic E-state index is 14.0. The molecule has 210 valence electrons. The van der Waals surface area contributed by atoms with Crippen molar-refractivity contribution in [3.63, 3.8) is 0 Å². The van der Waals surface area contributed by atoms with Gasteiger partial charge in [-0.3, -0.25) is 9.59 Å². The Morgan fingerprint density at radius 2 is 1.51 bits per heavy atom. The van der Waals surface area contributed by atoms with Crippen molar-refractivity contribution in [1.82, 2.24) is 10.0 Å². The van der Waals surface area contributed by atoms with Gasteiger partial charge in [-0.1, -0.05) is 105 Å². The minimum Gasteiger partial charge on any atom is -0.480 e. The normalized spacial score (nSPS) is 17.8. The molecule has 0 fully saturated rings. The van der Waals surface area contributed by atoms with E-state index in [-0.39, 0.29) is 12.2 Å². The number of carboxylic acids is 1. The molecular formula is C32H30N2O6S. The van der Waals surface area contributed by atoms with Crippen LogP contribution in [0.4, 0.5) is 0 Å². The second-order valence-corrected chi connectivity index (χ2v) is 12.2. The molecule has 1 aromatic heterocycles.